The molecule has 5 bridgehead atoms. The first-order chi connectivity index (χ1) is 20.8. The van der Waals surface area contributed by atoms with Gasteiger partial charge in [-0.25, -0.2) is 5.43 Å². The van der Waals surface area contributed by atoms with E-state index in [1.54, 1.807) is 39.0 Å². The van der Waals surface area contributed by atoms with E-state index >= 15 is 0 Å². The summed E-state index contributed by atoms with van der Waals surface area (Å²) in [6.07, 6.45) is 2.70. The minimum atomic E-state index is -3.14. The minimum absolute atomic E-state index is 0.298. The predicted octanol–water partition coefficient (Wildman–Crippen LogP) is 3.25. The van der Waals surface area contributed by atoms with Gasteiger partial charge in [0.05, 0.1) is 23.9 Å². The molecule has 0 aliphatic carbocycles. The second-order valence-electron chi connectivity index (χ2n) is 11.9. The molecule has 1 aromatic carbocycles. The van der Waals surface area contributed by atoms with Crippen LogP contribution in [0.5, 0.6) is 0 Å². The maximum atomic E-state index is 13.5. The Morgan fingerprint density at radius 2 is 1.77 bits per heavy atom. The maximum absolute atomic E-state index is 13.5. The van der Waals surface area contributed by atoms with Crippen LogP contribution in [0.2, 0.25) is 0 Å². The first-order valence-corrected chi connectivity index (χ1v) is 14.7. The lowest BCUT2D eigenvalue weighted by atomic mass is 9.90. The largest absolute Gasteiger partial charge is 0.451 e. The number of pyridine rings is 1. The average Bonchev–Trinajstić information content (AvgIpc) is 2.99. The Kier molecular flexibility index (Phi) is 10.3. The molecule has 0 spiro atoms. The molecule has 1 saturated heterocycles. The number of alkyl halides is 2. The molecule has 11 nitrogen and oxygen atoms in total. The predicted molar refractivity (Wildman–Crippen MR) is 158 cm³/mol. The molecule has 2 aromatic rings. The smallest absolute Gasteiger partial charge is 0.345 e. The first-order valence-electron chi connectivity index (χ1n) is 14.7. The number of esters is 1. The van der Waals surface area contributed by atoms with Gasteiger partial charge >= 0.3 is 12.6 Å². The van der Waals surface area contributed by atoms with Crippen LogP contribution in [0.1, 0.15) is 64.8 Å². The molecule has 3 N–H and O–H groups in total. The highest BCUT2D eigenvalue weighted by molar-refractivity contribution is 5.91. The minimum Gasteiger partial charge on any atom is -0.451 e. The van der Waals surface area contributed by atoms with Gasteiger partial charge in [-0.3, -0.25) is 29.2 Å². The molecule has 2 aliphatic heterocycles. The molecule has 1 fully saturated rings. The number of benzene rings is 1. The lowest BCUT2D eigenvalue weighted by molar-refractivity contribution is -0.179. The van der Waals surface area contributed by atoms with Crippen LogP contribution in [-0.2, 0) is 28.7 Å². The summed E-state index contributed by atoms with van der Waals surface area (Å²) in [5, 5.41) is 7.69. The molecule has 0 radical (unpaired) electrons. The van der Waals surface area contributed by atoms with E-state index in [0.29, 0.717) is 36.2 Å². The van der Waals surface area contributed by atoms with Crippen molar-refractivity contribution in [3.8, 4) is 0 Å². The molecule has 0 saturated carbocycles. The number of cyclic esters (lactones) is 1. The van der Waals surface area contributed by atoms with Gasteiger partial charge in [0, 0.05) is 11.9 Å². The van der Waals surface area contributed by atoms with E-state index in [1.807, 2.05) is 18.2 Å². The molecule has 238 valence electrons. The van der Waals surface area contributed by atoms with E-state index < -0.39 is 66.6 Å². The van der Waals surface area contributed by atoms with E-state index in [4.69, 9.17) is 9.72 Å². The molecule has 1 aromatic heterocycles. The Bertz CT molecular complexity index is 1440. The lowest BCUT2D eigenvalue weighted by Crippen LogP contribution is -2.61. The number of hydrazine groups is 1. The van der Waals surface area contributed by atoms with E-state index in [2.05, 4.69) is 20.8 Å². The van der Waals surface area contributed by atoms with Crippen LogP contribution in [0.4, 0.5) is 8.78 Å². The highest BCUT2D eigenvalue weighted by Crippen LogP contribution is 2.27. The van der Waals surface area contributed by atoms with Crippen molar-refractivity contribution in [3.63, 3.8) is 0 Å². The third-order valence-electron chi connectivity index (χ3n) is 7.76. The maximum Gasteiger partial charge on any atom is 0.345 e. The summed E-state index contributed by atoms with van der Waals surface area (Å²) in [6.45, 7) is 4.46. The van der Waals surface area contributed by atoms with Crippen LogP contribution in [0, 0.1) is 11.3 Å². The lowest BCUT2D eigenvalue weighted by Gasteiger charge is -2.35. The van der Waals surface area contributed by atoms with Crippen molar-refractivity contribution in [3.05, 3.63) is 47.7 Å². The van der Waals surface area contributed by atoms with Crippen molar-refractivity contribution >= 4 is 40.7 Å². The second kappa shape index (κ2) is 13.8. The van der Waals surface area contributed by atoms with Gasteiger partial charge < -0.3 is 20.1 Å². The van der Waals surface area contributed by atoms with Crippen LogP contribution in [0.3, 0.4) is 0 Å². The summed E-state index contributed by atoms with van der Waals surface area (Å²) >= 11 is 0. The molecule has 1 unspecified atom stereocenters. The fourth-order valence-electron chi connectivity index (χ4n) is 5.04. The number of amides is 3. The number of halogens is 2. The Morgan fingerprint density at radius 3 is 2.48 bits per heavy atom. The van der Waals surface area contributed by atoms with Gasteiger partial charge in [-0.1, -0.05) is 44.2 Å². The first kappa shape index (κ1) is 32.9. The van der Waals surface area contributed by atoms with Crippen molar-refractivity contribution in [1.82, 2.24) is 26.1 Å². The van der Waals surface area contributed by atoms with Crippen LogP contribution < -0.4 is 16.1 Å². The van der Waals surface area contributed by atoms with E-state index in [9.17, 15) is 28.0 Å². The van der Waals surface area contributed by atoms with Crippen molar-refractivity contribution in [2.75, 3.05) is 13.2 Å². The highest BCUT2D eigenvalue weighted by atomic mass is 19.3. The Labute approximate surface area is 254 Å². The summed E-state index contributed by atoms with van der Waals surface area (Å²) in [6, 6.07) is 6.90. The molecular formula is C31H39F2N5O6. The summed E-state index contributed by atoms with van der Waals surface area (Å²) in [5.74, 6) is -2.97. The average molecular weight is 616 g/mol. The third-order valence-corrected chi connectivity index (χ3v) is 7.76. The van der Waals surface area contributed by atoms with E-state index in [1.165, 1.54) is 24.9 Å². The Morgan fingerprint density at radius 1 is 1.07 bits per heavy atom. The van der Waals surface area contributed by atoms with Crippen molar-refractivity contribution in [2.45, 2.75) is 78.3 Å². The molecule has 44 heavy (non-hydrogen) atoms. The van der Waals surface area contributed by atoms with Gasteiger partial charge in [-0.05, 0) is 57.2 Å². The quantitative estimate of drug-likeness (QED) is 0.446. The van der Waals surface area contributed by atoms with Gasteiger partial charge in [0.15, 0.2) is 6.10 Å². The summed E-state index contributed by atoms with van der Waals surface area (Å²) in [7, 11) is 0. The molecule has 2 aliphatic rings. The van der Waals surface area contributed by atoms with Gasteiger partial charge in [0.25, 0.3) is 11.8 Å². The zero-order valence-corrected chi connectivity index (χ0v) is 25.4. The number of hydrogen-bond acceptors (Lipinski definition) is 8. The van der Waals surface area contributed by atoms with E-state index in [0.717, 1.165) is 5.39 Å². The molecule has 4 rings (SSSR count). The number of fused-ring (bicyclic) bond motifs is 4. The second-order valence-corrected chi connectivity index (χ2v) is 11.9. The Hall–Kier alpha value is -3.97. The van der Waals surface area contributed by atoms with Gasteiger partial charge in [-0.15, -0.1) is 0 Å². The number of ether oxygens (including phenoxy) is 2. The number of nitrogens with one attached hydrogen (secondary N) is 3. The van der Waals surface area contributed by atoms with Gasteiger partial charge in [0.1, 0.15) is 17.5 Å². The summed E-state index contributed by atoms with van der Waals surface area (Å²) in [5.41, 5.74) is 3.12. The van der Waals surface area contributed by atoms with Gasteiger partial charge in [0.2, 0.25) is 5.91 Å². The topological polar surface area (TPSA) is 139 Å². The number of carbonyl (C=O) groups is 4. The number of aromatic nitrogens is 1. The van der Waals surface area contributed by atoms with Crippen LogP contribution in [0.15, 0.2) is 36.4 Å². The number of rotatable bonds is 4. The molecular weight excluding hydrogens is 576 g/mol. The summed E-state index contributed by atoms with van der Waals surface area (Å²) < 4.78 is 36.3. The van der Waals surface area contributed by atoms with Gasteiger partial charge in [-0.2, -0.15) is 8.78 Å². The number of hydrogen-bond donors (Lipinski definition) is 3. The molecule has 5 atom stereocenters. The molecule has 3 amide bonds. The van der Waals surface area contributed by atoms with Crippen molar-refractivity contribution in [1.29, 1.82) is 0 Å². The highest BCUT2D eigenvalue weighted by Gasteiger charge is 2.39. The SMILES string of the molecule is CC1NC(=O)[C@@H]2CCCN(N2)C(=O)[C@H](C)NC(=O)[C@H](C(C)C)OC(=O)[C@@](C)(COC(F)F)/C=C/c2ccc3ccc1nc3c2. The normalized spacial score (nSPS) is 28.2. The number of carbonyl (C=O) groups excluding carboxylic acids is 4. The molecule has 3 heterocycles. The van der Waals surface area contributed by atoms with Crippen LogP contribution in [0.25, 0.3) is 17.0 Å². The fraction of sp³-hybridized carbons (Fsp3) is 0.516. The van der Waals surface area contributed by atoms with Crippen molar-refractivity contribution < 1.29 is 37.4 Å². The van der Waals surface area contributed by atoms with Crippen LogP contribution in [-0.4, -0.2) is 71.6 Å². The third kappa shape index (κ3) is 7.75. The van der Waals surface area contributed by atoms with Crippen molar-refractivity contribution in [2.24, 2.45) is 11.3 Å². The standard InChI is InChI=1S/C31H39F2N5O6/c1-17(2)25-27(40)35-19(4)28(41)38-14-6-7-23(37-38)26(39)34-18(3)22-11-10-21-9-8-20(15-24(21)36-22)12-13-31(5,29(42)44-25)16-43-30(32)33/h8-13,15,17-19,23,25,30,37H,6-7,14,16H2,1-5H3,(H,34,39)(H,35,40)/b13-12+/t18?,19-,23-,25-,31+/m0/s1. The zero-order valence-electron chi connectivity index (χ0n) is 25.4. The zero-order chi connectivity index (χ0) is 32.2. The Balaban J connectivity index is 1.75. The fourth-order valence-corrected chi connectivity index (χ4v) is 5.04. The monoisotopic (exact) mass is 615 g/mol. The van der Waals surface area contributed by atoms with Crippen LogP contribution >= 0.6 is 0 Å². The summed E-state index contributed by atoms with van der Waals surface area (Å²) in [4.78, 5) is 57.9. The molecule has 13 heteroatoms. The van der Waals surface area contributed by atoms with E-state index in [-0.39, 0.29) is 5.91 Å². The number of nitrogens with zero attached hydrogens (tertiary/aromatic N) is 2.